The van der Waals surface area contributed by atoms with Crippen molar-refractivity contribution in [2.75, 3.05) is 94.5 Å². The van der Waals surface area contributed by atoms with Gasteiger partial charge in [0.05, 0.1) is 66.1 Å². The zero-order valence-electron chi connectivity index (χ0n) is 14.4. The van der Waals surface area contributed by atoms with Crippen molar-refractivity contribution in [1.82, 2.24) is 0 Å². The summed E-state index contributed by atoms with van der Waals surface area (Å²) in [4.78, 5) is 0. The van der Waals surface area contributed by atoms with Crippen LogP contribution in [-0.2, 0) is 28.4 Å². The van der Waals surface area contributed by atoms with Crippen molar-refractivity contribution < 1.29 is 38.6 Å². The molecule has 0 spiro atoms. The van der Waals surface area contributed by atoms with Crippen molar-refractivity contribution in [3.63, 3.8) is 0 Å². The second-order valence-electron chi connectivity index (χ2n) is 3.68. The van der Waals surface area contributed by atoms with Crippen molar-refractivity contribution in [2.24, 2.45) is 0 Å². The highest BCUT2D eigenvalue weighted by Crippen LogP contribution is 1.85. The number of methoxy groups -OCH3 is 3. The fourth-order valence-electron chi connectivity index (χ4n) is 0.838. The van der Waals surface area contributed by atoms with Gasteiger partial charge in [0.25, 0.3) is 0 Å². The smallest absolute Gasteiger partial charge is 0.0701 e. The predicted molar refractivity (Wildman–Crippen MR) is 83.3 cm³/mol. The van der Waals surface area contributed by atoms with Gasteiger partial charge in [0.2, 0.25) is 0 Å². The van der Waals surface area contributed by atoms with E-state index in [1.807, 2.05) is 0 Å². The first-order valence-electron chi connectivity index (χ1n) is 7.07. The Kier molecular flexibility index (Phi) is 39.3. The lowest BCUT2D eigenvalue weighted by molar-refractivity contribution is -0.0334. The third-order valence-electron chi connectivity index (χ3n) is 1.71. The van der Waals surface area contributed by atoms with Gasteiger partial charge in [-0.1, -0.05) is 0 Å². The van der Waals surface area contributed by atoms with Crippen LogP contribution in [0.5, 0.6) is 0 Å². The van der Waals surface area contributed by atoms with E-state index in [1.54, 1.807) is 28.4 Å². The van der Waals surface area contributed by atoms with Gasteiger partial charge in [-0.25, -0.2) is 0 Å². The van der Waals surface area contributed by atoms with Crippen LogP contribution in [0.3, 0.4) is 0 Å². The first-order valence-corrected chi connectivity index (χ1v) is 7.07. The minimum Gasteiger partial charge on any atom is -0.394 e. The van der Waals surface area contributed by atoms with Gasteiger partial charge in [-0.05, 0) is 0 Å². The first-order chi connectivity index (χ1) is 10.7. The Morgan fingerprint density at radius 2 is 1.00 bits per heavy atom. The molecule has 1 saturated heterocycles. The quantitative estimate of drug-likeness (QED) is 0.607. The molecule has 8 heteroatoms. The average Bonchev–Trinajstić information content (AvgIpc) is 2.57. The zero-order chi connectivity index (χ0) is 17.3. The Labute approximate surface area is 134 Å². The summed E-state index contributed by atoms with van der Waals surface area (Å²) in [5.41, 5.74) is 0. The van der Waals surface area contributed by atoms with Crippen LogP contribution < -0.4 is 0 Å². The van der Waals surface area contributed by atoms with Gasteiger partial charge in [0.15, 0.2) is 0 Å². The first kappa shape index (κ1) is 26.6. The molecular weight excluding hydrogens is 296 g/mol. The predicted octanol–water partition coefficient (Wildman–Crippen LogP) is -0.437. The molecule has 1 rings (SSSR count). The van der Waals surface area contributed by atoms with Gasteiger partial charge in [-0.2, -0.15) is 0 Å². The largest absolute Gasteiger partial charge is 0.394 e. The summed E-state index contributed by atoms with van der Waals surface area (Å²) in [6.45, 7) is 5.19. The number of aliphatic hydroxyl groups excluding tert-OH is 2. The lowest BCUT2D eigenvalue weighted by Gasteiger charge is -2.09. The van der Waals surface area contributed by atoms with E-state index in [-0.39, 0.29) is 13.2 Å². The van der Waals surface area contributed by atoms with Crippen LogP contribution in [0.2, 0.25) is 0 Å². The Bertz CT molecular complexity index is 125. The molecule has 0 saturated carbocycles. The van der Waals surface area contributed by atoms with E-state index in [9.17, 15) is 0 Å². The van der Waals surface area contributed by atoms with E-state index in [4.69, 9.17) is 19.7 Å². The summed E-state index contributed by atoms with van der Waals surface area (Å²) in [6.07, 6.45) is 0. The van der Waals surface area contributed by atoms with Crippen molar-refractivity contribution in [1.29, 1.82) is 0 Å². The van der Waals surface area contributed by atoms with E-state index in [0.29, 0.717) is 26.4 Å². The van der Waals surface area contributed by atoms with E-state index >= 15 is 0 Å². The highest BCUT2D eigenvalue weighted by molar-refractivity contribution is 4.37. The molecule has 0 aromatic heterocycles. The number of aliphatic hydroxyl groups is 2. The second-order valence-corrected chi connectivity index (χ2v) is 3.68. The highest BCUT2D eigenvalue weighted by Gasteiger charge is 1.94. The Balaban J connectivity index is -0.000000227. The standard InChI is InChI=1S/C4H10O3.C4H8O2.C4H10O2.C2H6O/c5-1-3-7-4-2-6;1-2-6-4-3-5-1;1-5-3-4-6-2;1-3-2/h5-6H,1-4H2;1-4H2;3-4H2,1-2H3;1-2H3. The maximum Gasteiger partial charge on any atom is 0.0701 e. The molecule has 0 radical (unpaired) electrons. The van der Waals surface area contributed by atoms with Gasteiger partial charge in [-0.3, -0.25) is 0 Å². The third-order valence-corrected chi connectivity index (χ3v) is 1.71. The molecule has 1 aliphatic heterocycles. The molecule has 0 atom stereocenters. The van der Waals surface area contributed by atoms with Crippen molar-refractivity contribution in [3.05, 3.63) is 0 Å². The summed E-state index contributed by atoms with van der Waals surface area (Å²) in [6, 6.07) is 0. The van der Waals surface area contributed by atoms with Crippen molar-refractivity contribution in [3.8, 4) is 0 Å². The normalized spacial score (nSPS) is 12.8. The zero-order valence-corrected chi connectivity index (χ0v) is 14.4. The number of hydrogen-bond donors (Lipinski definition) is 2. The molecule has 0 aliphatic carbocycles. The molecule has 0 unspecified atom stereocenters. The fourth-order valence-corrected chi connectivity index (χ4v) is 0.838. The molecule has 0 aromatic carbocycles. The number of rotatable bonds is 7. The highest BCUT2D eigenvalue weighted by atomic mass is 16.6. The van der Waals surface area contributed by atoms with E-state index < -0.39 is 0 Å². The van der Waals surface area contributed by atoms with E-state index in [0.717, 1.165) is 26.4 Å². The van der Waals surface area contributed by atoms with Gasteiger partial charge < -0.3 is 38.6 Å². The lowest BCUT2D eigenvalue weighted by Crippen LogP contribution is -2.16. The summed E-state index contributed by atoms with van der Waals surface area (Å²) in [5.74, 6) is 0. The molecule has 2 N–H and O–H groups in total. The maximum atomic E-state index is 8.09. The van der Waals surface area contributed by atoms with Crippen molar-refractivity contribution >= 4 is 0 Å². The number of ether oxygens (including phenoxy) is 6. The summed E-state index contributed by atoms with van der Waals surface area (Å²) in [5, 5.41) is 16.2. The van der Waals surface area contributed by atoms with Crippen LogP contribution >= 0.6 is 0 Å². The van der Waals surface area contributed by atoms with E-state index in [2.05, 4.69) is 18.9 Å². The Morgan fingerprint density at radius 3 is 1.18 bits per heavy atom. The maximum absolute atomic E-state index is 8.09. The minimum atomic E-state index is 0.0278. The van der Waals surface area contributed by atoms with Crippen LogP contribution in [0.1, 0.15) is 0 Å². The third kappa shape index (κ3) is 42.7. The van der Waals surface area contributed by atoms with Crippen LogP contribution in [0.4, 0.5) is 0 Å². The molecule has 0 bridgehead atoms. The van der Waals surface area contributed by atoms with Gasteiger partial charge in [-0.15, -0.1) is 0 Å². The Hall–Kier alpha value is -0.320. The molecule has 0 amide bonds. The number of hydrogen-bond acceptors (Lipinski definition) is 8. The SMILES string of the molecule is C1COCCO1.COC.COCCOC.OCCOCCO. The van der Waals surface area contributed by atoms with Crippen LogP contribution in [0, 0.1) is 0 Å². The molecule has 1 fully saturated rings. The monoisotopic (exact) mass is 330 g/mol. The molecule has 1 aliphatic rings. The lowest BCUT2D eigenvalue weighted by atomic mass is 10.6. The summed E-state index contributed by atoms with van der Waals surface area (Å²) in [7, 11) is 6.55. The van der Waals surface area contributed by atoms with Crippen LogP contribution in [0.15, 0.2) is 0 Å². The minimum absolute atomic E-state index is 0.0278. The van der Waals surface area contributed by atoms with Crippen LogP contribution in [0.25, 0.3) is 0 Å². The Morgan fingerprint density at radius 1 is 0.682 bits per heavy atom. The summed E-state index contributed by atoms with van der Waals surface area (Å²) >= 11 is 0. The fraction of sp³-hybridized carbons (Fsp3) is 1.00. The molecular formula is C14H34O8. The van der Waals surface area contributed by atoms with Gasteiger partial charge in [0.1, 0.15) is 0 Å². The van der Waals surface area contributed by atoms with Gasteiger partial charge in [0, 0.05) is 28.4 Å². The van der Waals surface area contributed by atoms with E-state index in [1.165, 1.54) is 0 Å². The molecule has 1 heterocycles. The molecule has 0 aromatic rings. The average molecular weight is 330 g/mol. The topological polar surface area (TPSA) is 95.8 Å². The molecule has 138 valence electrons. The van der Waals surface area contributed by atoms with Crippen LogP contribution in [-0.4, -0.2) is 105 Å². The van der Waals surface area contributed by atoms with Crippen molar-refractivity contribution in [2.45, 2.75) is 0 Å². The molecule has 22 heavy (non-hydrogen) atoms. The van der Waals surface area contributed by atoms with Gasteiger partial charge >= 0.3 is 0 Å². The summed E-state index contributed by atoms with van der Waals surface area (Å²) < 4.78 is 28.1. The second kappa shape index (κ2) is 32.6. The molecule has 8 nitrogen and oxygen atoms in total.